The smallest absolute Gasteiger partial charge is 0.274 e. The maximum atomic E-state index is 13.2. The molecule has 35 heavy (non-hydrogen) atoms. The summed E-state index contributed by atoms with van der Waals surface area (Å²) in [6.45, 7) is 3.90. The first-order valence-electron chi connectivity index (χ1n) is 12.1. The third-order valence-corrected chi connectivity index (χ3v) is 6.96. The predicted octanol–water partition coefficient (Wildman–Crippen LogP) is 4.35. The number of ether oxygens (including phenoxy) is 1. The molecule has 0 spiro atoms. The predicted molar refractivity (Wildman–Crippen MR) is 129 cm³/mol. The van der Waals surface area contributed by atoms with Crippen LogP contribution < -0.4 is 5.32 Å². The van der Waals surface area contributed by atoms with Crippen molar-refractivity contribution in [1.82, 2.24) is 14.5 Å². The molecule has 2 aliphatic rings. The van der Waals surface area contributed by atoms with Crippen LogP contribution in [0.5, 0.6) is 0 Å². The van der Waals surface area contributed by atoms with Gasteiger partial charge in [-0.25, -0.2) is 9.37 Å². The number of halogens is 1. The van der Waals surface area contributed by atoms with Crippen LogP contribution in [0.3, 0.4) is 0 Å². The summed E-state index contributed by atoms with van der Waals surface area (Å²) in [6, 6.07) is 14.2. The molecule has 1 saturated heterocycles. The van der Waals surface area contributed by atoms with E-state index in [1.165, 1.54) is 17.7 Å². The summed E-state index contributed by atoms with van der Waals surface area (Å²) in [5, 5.41) is 3.00. The highest BCUT2D eigenvalue weighted by Crippen LogP contribution is 2.29. The van der Waals surface area contributed by atoms with E-state index in [0.717, 1.165) is 23.4 Å². The van der Waals surface area contributed by atoms with Crippen molar-refractivity contribution >= 4 is 17.5 Å². The van der Waals surface area contributed by atoms with Crippen molar-refractivity contribution in [3.05, 3.63) is 83.2 Å². The minimum atomic E-state index is -0.285. The molecule has 1 atom stereocenters. The van der Waals surface area contributed by atoms with Gasteiger partial charge in [-0.05, 0) is 54.7 Å². The van der Waals surface area contributed by atoms with Crippen LogP contribution >= 0.6 is 0 Å². The Balaban J connectivity index is 1.17. The number of nitrogens with zero attached hydrogens (tertiary/aromatic N) is 3. The topological polar surface area (TPSA) is 76.5 Å². The monoisotopic (exact) mass is 476 g/mol. The number of likely N-dealkylation sites (tertiary alicyclic amines) is 1. The summed E-state index contributed by atoms with van der Waals surface area (Å²) in [6.07, 6.45) is 3.65. The number of rotatable bonds is 5. The van der Waals surface area contributed by atoms with Gasteiger partial charge in [-0.1, -0.05) is 31.2 Å². The minimum Gasteiger partial charge on any atom is -0.365 e. The number of nitrogens with one attached hydrogen (secondary N) is 1. The molecule has 1 aromatic heterocycles. The third kappa shape index (κ3) is 4.98. The normalized spacial score (nSPS) is 18.2. The van der Waals surface area contributed by atoms with Gasteiger partial charge in [0.15, 0.2) is 5.69 Å². The molecule has 7 nitrogen and oxygen atoms in total. The molecule has 0 radical (unpaired) electrons. The Morgan fingerprint density at radius 1 is 1.09 bits per heavy atom. The molecule has 0 unspecified atom stereocenters. The number of imidazole rings is 1. The van der Waals surface area contributed by atoms with E-state index in [1.807, 2.05) is 28.8 Å². The highest BCUT2D eigenvalue weighted by molar-refractivity contribution is 5.95. The Morgan fingerprint density at radius 3 is 2.49 bits per heavy atom. The molecule has 2 aromatic carbocycles. The lowest BCUT2D eigenvalue weighted by Gasteiger charge is -2.31. The SMILES string of the molecule is CCc1ccc(NC(=O)C2CCN(C(=O)c3ncn4c3CO[C@H](c3ccc(F)cc3)C4)CC2)cc1. The Hall–Kier alpha value is -3.52. The second-order valence-electron chi connectivity index (χ2n) is 9.15. The molecular weight excluding hydrogens is 447 g/mol. The fourth-order valence-corrected chi connectivity index (χ4v) is 4.75. The van der Waals surface area contributed by atoms with Crippen molar-refractivity contribution < 1.29 is 18.7 Å². The van der Waals surface area contributed by atoms with E-state index in [-0.39, 0.29) is 36.3 Å². The van der Waals surface area contributed by atoms with Gasteiger partial charge in [0.2, 0.25) is 5.91 Å². The molecule has 5 rings (SSSR count). The van der Waals surface area contributed by atoms with Gasteiger partial charge in [-0.3, -0.25) is 9.59 Å². The van der Waals surface area contributed by atoms with E-state index in [9.17, 15) is 14.0 Å². The zero-order valence-electron chi connectivity index (χ0n) is 19.7. The second-order valence-corrected chi connectivity index (χ2v) is 9.15. The summed E-state index contributed by atoms with van der Waals surface area (Å²) in [4.78, 5) is 32.1. The minimum absolute atomic E-state index is 0.000883. The first-order chi connectivity index (χ1) is 17.0. The number of carbonyl (C=O) groups is 2. The number of hydrogen-bond donors (Lipinski definition) is 1. The van der Waals surface area contributed by atoms with E-state index in [0.29, 0.717) is 38.2 Å². The maximum Gasteiger partial charge on any atom is 0.274 e. The maximum absolute atomic E-state index is 13.2. The molecule has 2 amide bonds. The standard InChI is InChI=1S/C27H29FN4O3/c1-2-18-3-9-22(10-4-18)30-26(33)20-11-13-31(14-12-20)27(34)25-23-16-35-24(15-32(23)17-29-25)19-5-7-21(28)8-6-19/h3-10,17,20,24H,2,11-16H2,1H3,(H,30,33)/t24-/m0/s1. The molecular formula is C27H29FN4O3. The van der Waals surface area contributed by atoms with Crippen LogP contribution in [-0.2, 0) is 29.1 Å². The lowest BCUT2D eigenvalue weighted by atomic mass is 9.95. The molecule has 0 aliphatic carbocycles. The van der Waals surface area contributed by atoms with Crippen molar-refractivity contribution in [2.45, 2.75) is 45.4 Å². The van der Waals surface area contributed by atoms with Gasteiger partial charge in [0, 0.05) is 24.7 Å². The van der Waals surface area contributed by atoms with Crippen LogP contribution in [0.25, 0.3) is 0 Å². The summed E-state index contributed by atoms with van der Waals surface area (Å²) in [5.74, 6) is -0.536. The van der Waals surface area contributed by atoms with Crippen molar-refractivity contribution in [2.75, 3.05) is 18.4 Å². The fourth-order valence-electron chi connectivity index (χ4n) is 4.75. The number of amides is 2. The Morgan fingerprint density at radius 2 is 1.80 bits per heavy atom. The summed E-state index contributed by atoms with van der Waals surface area (Å²) in [5.41, 5.74) is 4.08. The number of piperidine rings is 1. The summed E-state index contributed by atoms with van der Waals surface area (Å²) in [7, 11) is 0. The number of anilines is 1. The molecule has 1 N–H and O–H groups in total. The highest BCUT2D eigenvalue weighted by Gasteiger charge is 2.32. The lowest BCUT2D eigenvalue weighted by molar-refractivity contribution is -0.121. The van der Waals surface area contributed by atoms with Crippen LogP contribution in [0.4, 0.5) is 10.1 Å². The molecule has 8 heteroatoms. The molecule has 0 bridgehead atoms. The zero-order valence-corrected chi connectivity index (χ0v) is 19.7. The van der Waals surface area contributed by atoms with Crippen molar-refractivity contribution in [3.8, 4) is 0 Å². The first kappa shape index (κ1) is 23.2. The average Bonchev–Trinajstić information content (AvgIpc) is 3.32. The second kappa shape index (κ2) is 10.00. The van der Waals surface area contributed by atoms with Crippen molar-refractivity contribution in [1.29, 1.82) is 0 Å². The summed E-state index contributed by atoms with van der Waals surface area (Å²) < 4.78 is 21.2. The van der Waals surface area contributed by atoms with Crippen LogP contribution in [-0.4, -0.2) is 39.4 Å². The van der Waals surface area contributed by atoms with E-state index in [2.05, 4.69) is 17.2 Å². The van der Waals surface area contributed by atoms with Crippen LogP contribution in [0, 0.1) is 11.7 Å². The molecule has 2 aliphatic heterocycles. The zero-order chi connectivity index (χ0) is 24.4. The van der Waals surface area contributed by atoms with Gasteiger partial charge in [0.05, 0.1) is 25.2 Å². The number of carbonyl (C=O) groups excluding carboxylic acids is 2. The van der Waals surface area contributed by atoms with E-state index < -0.39 is 0 Å². The average molecular weight is 477 g/mol. The van der Waals surface area contributed by atoms with E-state index in [1.54, 1.807) is 23.4 Å². The van der Waals surface area contributed by atoms with Crippen LogP contribution in [0.1, 0.15) is 53.2 Å². The molecule has 3 aromatic rings. The number of aryl methyl sites for hydroxylation is 1. The molecule has 0 saturated carbocycles. The number of hydrogen-bond acceptors (Lipinski definition) is 4. The molecule has 3 heterocycles. The number of benzene rings is 2. The van der Waals surface area contributed by atoms with Gasteiger partial charge in [-0.15, -0.1) is 0 Å². The Bertz CT molecular complexity index is 1200. The quantitative estimate of drug-likeness (QED) is 0.594. The molecule has 1 fully saturated rings. The number of fused-ring (bicyclic) bond motifs is 1. The van der Waals surface area contributed by atoms with E-state index in [4.69, 9.17) is 4.74 Å². The van der Waals surface area contributed by atoms with Crippen molar-refractivity contribution in [2.24, 2.45) is 5.92 Å². The Labute approximate surface area is 203 Å². The molecule has 182 valence electrons. The largest absolute Gasteiger partial charge is 0.365 e. The first-order valence-corrected chi connectivity index (χ1v) is 12.1. The summed E-state index contributed by atoms with van der Waals surface area (Å²) >= 11 is 0. The van der Waals surface area contributed by atoms with Crippen molar-refractivity contribution in [3.63, 3.8) is 0 Å². The van der Waals surface area contributed by atoms with Gasteiger partial charge in [0.25, 0.3) is 5.91 Å². The van der Waals surface area contributed by atoms with E-state index >= 15 is 0 Å². The van der Waals surface area contributed by atoms with Gasteiger partial charge >= 0.3 is 0 Å². The number of aromatic nitrogens is 2. The highest BCUT2D eigenvalue weighted by atomic mass is 19.1. The Kier molecular flexibility index (Phi) is 6.63. The fraction of sp³-hybridized carbons (Fsp3) is 0.370. The van der Waals surface area contributed by atoms with Crippen LogP contribution in [0.15, 0.2) is 54.9 Å². The van der Waals surface area contributed by atoms with Gasteiger partial charge in [0.1, 0.15) is 11.9 Å². The van der Waals surface area contributed by atoms with Gasteiger partial charge in [-0.2, -0.15) is 0 Å². The third-order valence-electron chi connectivity index (χ3n) is 6.96. The lowest BCUT2D eigenvalue weighted by Crippen LogP contribution is -2.42. The van der Waals surface area contributed by atoms with Crippen LogP contribution in [0.2, 0.25) is 0 Å². The van der Waals surface area contributed by atoms with Gasteiger partial charge < -0.3 is 19.5 Å².